The van der Waals surface area contributed by atoms with Crippen molar-refractivity contribution in [1.29, 1.82) is 0 Å². The van der Waals surface area contributed by atoms with Gasteiger partial charge in [0.25, 0.3) is 0 Å². The lowest BCUT2D eigenvalue weighted by molar-refractivity contribution is 0.251. The summed E-state index contributed by atoms with van der Waals surface area (Å²) in [5.74, 6) is -0.976. The van der Waals surface area contributed by atoms with Crippen molar-refractivity contribution in [2.45, 2.75) is 13.5 Å². The molecular formula is C11H9BrF2N4O2. The molecule has 0 radical (unpaired) electrons. The molecule has 0 fully saturated rings. The van der Waals surface area contributed by atoms with Crippen LogP contribution in [0.3, 0.4) is 0 Å². The monoisotopic (exact) mass is 346 g/mol. The van der Waals surface area contributed by atoms with Crippen molar-refractivity contribution in [2.75, 3.05) is 5.32 Å². The first-order valence-electron chi connectivity index (χ1n) is 5.44. The fourth-order valence-corrected chi connectivity index (χ4v) is 1.90. The van der Waals surface area contributed by atoms with Gasteiger partial charge in [-0.3, -0.25) is 0 Å². The Kier molecular flexibility index (Phi) is 4.28. The minimum Gasteiger partial charge on any atom is -0.340 e. The molecule has 0 saturated carbocycles. The van der Waals surface area contributed by atoms with E-state index in [-0.39, 0.29) is 22.5 Å². The molecular weight excluding hydrogens is 338 g/mol. The minimum absolute atomic E-state index is 0.0175. The van der Waals surface area contributed by atoms with E-state index in [1.165, 1.54) is 0 Å². The smallest absolute Gasteiger partial charge is 0.319 e. The van der Waals surface area contributed by atoms with Crippen molar-refractivity contribution < 1.29 is 18.1 Å². The van der Waals surface area contributed by atoms with Gasteiger partial charge in [-0.25, -0.2) is 13.6 Å². The van der Waals surface area contributed by atoms with Gasteiger partial charge in [-0.2, -0.15) is 4.98 Å². The molecule has 2 amide bonds. The Morgan fingerprint density at radius 1 is 1.45 bits per heavy atom. The summed E-state index contributed by atoms with van der Waals surface area (Å²) >= 11 is 2.96. The molecule has 20 heavy (non-hydrogen) atoms. The number of aromatic nitrogens is 2. The Balaban J connectivity index is 1.98. The molecule has 2 rings (SSSR count). The number of halogens is 3. The maximum atomic E-state index is 13.5. The number of urea groups is 1. The fraction of sp³-hybridized carbons (Fsp3) is 0.182. The number of hydrogen-bond acceptors (Lipinski definition) is 4. The zero-order chi connectivity index (χ0) is 14.7. The van der Waals surface area contributed by atoms with Crippen molar-refractivity contribution >= 4 is 27.6 Å². The van der Waals surface area contributed by atoms with E-state index >= 15 is 0 Å². The Bertz CT molecular complexity index is 624. The molecule has 2 aromatic rings. The van der Waals surface area contributed by atoms with Crippen LogP contribution in [0.15, 0.2) is 21.1 Å². The number of nitrogens with one attached hydrogen (secondary N) is 2. The predicted octanol–water partition coefficient (Wildman–Crippen LogP) is 2.74. The number of rotatable bonds is 3. The summed E-state index contributed by atoms with van der Waals surface area (Å²) in [6, 6.07) is 1.03. The van der Waals surface area contributed by atoms with E-state index in [9.17, 15) is 13.6 Å². The highest BCUT2D eigenvalue weighted by molar-refractivity contribution is 9.10. The molecule has 0 bridgehead atoms. The third-order valence-electron chi connectivity index (χ3n) is 2.22. The molecule has 0 atom stereocenters. The van der Waals surface area contributed by atoms with Gasteiger partial charge in [0.15, 0.2) is 11.6 Å². The van der Waals surface area contributed by atoms with Crippen LogP contribution in [0.5, 0.6) is 0 Å². The van der Waals surface area contributed by atoms with E-state index in [1.54, 1.807) is 6.92 Å². The molecule has 1 aromatic heterocycles. The van der Waals surface area contributed by atoms with E-state index in [4.69, 9.17) is 4.52 Å². The zero-order valence-electron chi connectivity index (χ0n) is 10.2. The first-order valence-corrected chi connectivity index (χ1v) is 6.23. The maximum absolute atomic E-state index is 13.5. The molecule has 1 aromatic carbocycles. The van der Waals surface area contributed by atoms with Crippen molar-refractivity contribution in [3.63, 3.8) is 0 Å². The molecule has 2 N–H and O–H groups in total. The number of benzene rings is 1. The highest BCUT2D eigenvalue weighted by atomic mass is 79.9. The van der Waals surface area contributed by atoms with Crippen LogP contribution in [-0.2, 0) is 6.54 Å². The summed E-state index contributed by atoms with van der Waals surface area (Å²) in [7, 11) is 0. The highest BCUT2D eigenvalue weighted by Crippen LogP contribution is 2.26. The number of aryl methyl sites for hydroxylation is 1. The average molecular weight is 347 g/mol. The summed E-state index contributed by atoms with van der Waals surface area (Å²) in [5, 5.41) is 8.25. The molecule has 1 heterocycles. The second kappa shape index (κ2) is 5.95. The molecule has 9 heteroatoms. The normalized spacial score (nSPS) is 10.4. The maximum Gasteiger partial charge on any atom is 0.319 e. The average Bonchev–Trinajstić information content (AvgIpc) is 2.77. The van der Waals surface area contributed by atoms with E-state index < -0.39 is 17.7 Å². The van der Waals surface area contributed by atoms with Crippen LogP contribution in [0, 0.1) is 18.6 Å². The Labute approximate surface area is 120 Å². The number of hydrogen-bond donors (Lipinski definition) is 2. The highest BCUT2D eigenvalue weighted by Gasteiger charge is 2.13. The van der Waals surface area contributed by atoms with E-state index in [0.29, 0.717) is 12.0 Å². The Hall–Kier alpha value is -2.03. The lowest BCUT2D eigenvalue weighted by atomic mass is 10.3. The summed E-state index contributed by atoms with van der Waals surface area (Å²) < 4.78 is 31.2. The topological polar surface area (TPSA) is 80.0 Å². The lowest BCUT2D eigenvalue weighted by Crippen LogP contribution is -2.29. The van der Waals surface area contributed by atoms with E-state index in [0.717, 1.165) is 6.07 Å². The molecule has 0 aliphatic rings. The third-order valence-corrected chi connectivity index (χ3v) is 2.85. The van der Waals surface area contributed by atoms with Crippen molar-refractivity contribution in [3.8, 4) is 0 Å². The first-order chi connectivity index (χ1) is 9.45. The molecule has 106 valence electrons. The summed E-state index contributed by atoms with van der Waals surface area (Å²) in [4.78, 5) is 15.5. The quantitative estimate of drug-likeness (QED) is 0.895. The van der Waals surface area contributed by atoms with Crippen LogP contribution in [0.25, 0.3) is 0 Å². The van der Waals surface area contributed by atoms with Crippen LogP contribution in [-0.4, -0.2) is 16.2 Å². The molecule has 6 nitrogen and oxygen atoms in total. The van der Waals surface area contributed by atoms with Gasteiger partial charge in [0, 0.05) is 17.5 Å². The van der Waals surface area contributed by atoms with Gasteiger partial charge < -0.3 is 15.2 Å². The molecule has 0 saturated heterocycles. The summed E-state index contributed by atoms with van der Waals surface area (Å²) in [6.07, 6.45) is 0. The molecule has 0 unspecified atom stereocenters. The number of nitrogens with zero attached hydrogens (tertiary/aromatic N) is 2. The fourth-order valence-electron chi connectivity index (χ4n) is 1.39. The van der Waals surface area contributed by atoms with Gasteiger partial charge >= 0.3 is 6.03 Å². The lowest BCUT2D eigenvalue weighted by Gasteiger charge is -2.09. The largest absolute Gasteiger partial charge is 0.340 e. The van der Waals surface area contributed by atoms with Gasteiger partial charge in [-0.1, -0.05) is 5.16 Å². The van der Waals surface area contributed by atoms with Crippen LogP contribution >= 0.6 is 15.9 Å². The number of carbonyl (C=O) groups excluding carboxylic acids is 1. The predicted molar refractivity (Wildman–Crippen MR) is 69.0 cm³/mol. The van der Waals surface area contributed by atoms with Crippen molar-refractivity contribution in [2.24, 2.45) is 0 Å². The summed E-state index contributed by atoms with van der Waals surface area (Å²) in [5.41, 5.74) is -0.159. The second-order valence-corrected chi connectivity index (χ2v) is 4.64. The molecule has 0 spiro atoms. The third kappa shape index (κ3) is 3.50. The van der Waals surface area contributed by atoms with Crippen molar-refractivity contribution in [3.05, 3.63) is 40.0 Å². The Morgan fingerprint density at radius 2 is 2.20 bits per heavy atom. The van der Waals surface area contributed by atoms with Crippen LogP contribution in [0.2, 0.25) is 0 Å². The summed E-state index contributed by atoms with van der Waals surface area (Å²) in [6.45, 7) is 1.63. The van der Waals surface area contributed by atoms with Gasteiger partial charge in [0.2, 0.25) is 5.89 Å². The first kappa shape index (κ1) is 14.4. The Morgan fingerprint density at radius 3 is 2.80 bits per heavy atom. The second-order valence-electron chi connectivity index (χ2n) is 3.78. The standard InChI is InChI=1S/C11H9BrF2N4O2/c1-5-16-9(18-20-5)4-15-11(19)17-10-7(12)2-6(13)3-8(10)14/h2-3H,4H2,1H3,(H2,15,17,19). The number of anilines is 1. The van der Waals surface area contributed by atoms with Crippen LogP contribution < -0.4 is 10.6 Å². The zero-order valence-corrected chi connectivity index (χ0v) is 11.8. The van der Waals surface area contributed by atoms with Gasteiger partial charge in [-0.15, -0.1) is 0 Å². The number of amides is 2. The minimum atomic E-state index is -0.887. The van der Waals surface area contributed by atoms with Gasteiger partial charge in [0.05, 0.1) is 12.2 Å². The van der Waals surface area contributed by atoms with Gasteiger partial charge in [0.1, 0.15) is 5.82 Å². The number of carbonyl (C=O) groups is 1. The van der Waals surface area contributed by atoms with Crippen LogP contribution in [0.1, 0.15) is 11.7 Å². The van der Waals surface area contributed by atoms with E-state index in [2.05, 4.69) is 36.7 Å². The SMILES string of the molecule is Cc1nc(CNC(=O)Nc2c(F)cc(F)cc2Br)no1. The van der Waals surface area contributed by atoms with Crippen molar-refractivity contribution in [1.82, 2.24) is 15.5 Å². The van der Waals surface area contributed by atoms with Gasteiger partial charge in [-0.05, 0) is 22.0 Å². The molecule has 0 aliphatic carbocycles. The van der Waals surface area contributed by atoms with Crippen LogP contribution in [0.4, 0.5) is 19.3 Å². The molecule has 0 aliphatic heterocycles. The van der Waals surface area contributed by atoms with E-state index in [1.807, 2.05) is 0 Å².